The SMILES string of the molecule is CC(=O)O/N=C1\CCn2c3ccc(S(=O)(=O)c4ccc(C)cc4)cc3c3cccc1c32. The highest BCUT2D eigenvalue weighted by Gasteiger charge is 2.24. The molecule has 0 bridgehead atoms. The van der Waals surface area contributed by atoms with Crippen LogP contribution in [0.4, 0.5) is 0 Å². The average molecular weight is 433 g/mol. The summed E-state index contributed by atoms with van der Waals surface area (Å²) in [5, 5.41) is 5.86. The first-order valence-electron chi connectivity index (χ1n) is 9.98. The Labute approximate surface area is 179 Å². The Bertz CT molecular complexity index is 1500. The molecule has 2 heterocycles. The second-order valence-corrected chi connectivity index (χ2v) is 9.67. The Morgan fingerprint density at radius 2 is 1.74 bits per heavy atom. The zero-order valence-corrected chi connectivity index (χ0v) is 17.9. The van der Waals surface area contributed by atoms with E-state index >= 15 is 0 Å². The van der Waals surface area contributed by atoms with Gasteiger partial charge >= 0.3 is 5.97 Å². The summed E-state index contributed by atoms with van der Waals surface area (Å²) in [7, 11) is -3.63. The van der Waals surface area contributed by atoms with Gasteiger partial charge in [0, 0.05) is 41.7 Å². The molecule has 0 amide bonds. The first-order valence-corrected chi connectivity index (χ1v) is 11.5. The molecule has 7 heteroatoms. The van der Waals surface area contributed by atoms with Crippen molar-refractivity contribution >= 4 is 43.3 Å². The van der Waals surface area contributed by atoms with Gasteiger partial charge in [0.1, 0.15) is 0 Å². The Hall–Kier alpha value is -3.45. The molecule has 0 fully saturated rings. The number of aryl methyl sites for hydroxylation is 2. The summed E-state index contributed by atoms with van der Waals surface area (Å²) in [6, 6.07) is 18.0. The quantitative estimate of drug-likeness (QED) is 0.350. The minimum atomic E-state index is -3.63. The largest absolute Gasteiger partial charge is 0.340 e. The highest BCUT2D eigenvalue weighted by molar-refractivity contribution is 7.91. The molecule has 31 heavy (non-hydrogen) atoms. The standard InChI is InChI=1S/C24H20N2O4S/c1-15-6-8-17(9-7-15)31(28,29)18-10-11-23-21(14-18)19-4-3-5-20-22(25-30-16(2)27)12-13-26(23)24(19)20/h3-11,14H,12-13H2,1-2H3/b25-22+. The van der Waals surface area contributed by atoms with Crippen LogP contribution in [0, 0.1) is 6.92 Å². The molecule has 0 atom stereocenters. The van der Waals surface area contributed by atoms with Gasteiger partial charge in [0.2, 0.25) is 9.84 Å². The first-order chi connectivity index (χ1) is 14.9. The first kappa shape index (κ1) is 19.5. The number of para-hydroxylation sites is 1. The van der Waals surface area contributed by atoms with E-state index in [1.54, 1.807) is 36.4 Å². The average Bonchev–Trinajstić information content (AvgIpc) is 3.08. The van der Waals surface area contributed by atoms with Crippen molar-refractivity contribution in [3.63, 3.8) is 0 Å². The van der Waals surface area contributed by atoms with Crippen LogP contribution in [0.1, 0.15) is 24.5 Å². The molecule has 6 nitrogen and oxygen atoms in total. The zero-order valence-electron chi connectivity index (χ0n) is 17.1. The van der Waals surface area contributed by atoms with E-state index in [1.165, 1.54) is 6.92 Å². The fourth-order valence-corrected chi connectivity index (χ4v) is 5.48. The maximum Gasteiger partial charge on any atom is 0.331 e. The summed E-state index contributed by atoms with van der Waals surface area (Å²) in [5.74, 6) is -0.461. The number of aromatic nitrogens is 1. The number of rotatable bonds is 3. The van der Waals surface area contributed by atoms with Gasteiger partial charge in [0.25, 0.3) is 0 Å². The van der Waals surface area contributed by atoms with E-state index in [4.69, 9.17) is 4.84 Å². The number of sulfone groups is 1. The van der Waals surface area contributed by atoms with Crippen LogP contribution in [-0.4, -0.2) is 24.7 Å². The minimum absolute atomic E-state index is 0.265. The lowest BCUT2D eigenvalue weighted by Crippen LogP contribution is -2.15. The third-order valence-corrected chi connectivity index (χ3v) is 7.43. The molecule has 3 aromatic carbocycles. The minimum Gasteiger partial charge on any atom is -0.340 e. The molecule has 0 saturated heterocycles. The lowest BCUT2D eigenvalue weighted by atomic mass is 10.0. The summed E-state index contributed by atoms with van der Waals surface area (Å²) in [6.45, 7) is 3.91. The number of benzene rings is 3. The van der Waals surface area contributed by atoms with E-state index in [9.17, 15) is 13.2 Å². The highest BCUT2D eigenvalue weighted by atomic mass is 32.2. The van der Waals surface area contributed by atoms with Crippen LogP contribution in [-0.2, 0) is 26.0 Å². The molecule has 1 aromatic heterocycles. The molecule has 0 N–H and O–H groups in total. The summed E-state index contributed by atoms with van der Waals surface area (Å²) in [4.78, 5) is 16.6. The van der Waals surface area contributed by atoms with Crippen LogP contribution >= 0.6 is 0 Å². The van der Waals surface area contributed by atoms with Gasteiger partial charge in [0.05, 0.1) is 21.0 Å². The smallest absolute Gasteiger partial charge is 0.331 e. The number of fused-ring (bicyclic) bond motifs is 3. The Morgan fingerprint density at radius 3 is 2.48 bits per heavy atom. The predicted octanol–water partition coefficient (Wildman–Crippen LogP) is 4.61. The van der Waals surface area contributed by atoms with Crippen molar-refractivity contribution in [1.82, 2.24) is 4.57 Å². The van der Waals surface area contributed by atoms with Gasteiger partial charge < -0.3 is 9.40 Å². The molecule has 156 valence electrons. The van der Waals surface area contributed by atoms with Crippen LogP contribution in [0.3, 0.4) is 0 Å². The van der Waals surface area contributed by atoms with Gasteiger partial charge in [-0.05, 0) is 37.3 Å². The van der Waals surface area contributed by atoms with Gasteiger partial charge in [-0.2, -0.15) is 0 Å². The lowest BCUT2D eigenvalue weighted by molar-refractivity contribution is -0.140. The van der Waals surface area contributed by atoms with Crippen molar-refractivity contribution in [3.05, 3.63) is 71.8 Å². The summed E-state index contributed by atoms with van der Waals surface area (Å²) >= 11 is 0. The zero-order chi connectivity index (χ0) is 21.8. The maximum atomic E-state index is 13.2. The molecule has 0 spiro atoms. The summed E-state index contributed by atoms with van der Waals surface area (Å²) in [6.07, 6.45) is 0.618. The third kappa shape index (κ3) is 3.13. The predicted molar refractivity (Wildman–Crippen MR) is 119 cm³/mol. The maximum absolute atomic E-state index is 13.2. The second kappa shape index (κ2) is 7.06. The number of hydrogen-bond acceptors (Lipinski definition) is 5. The molecule has 0 saturated carbocycles. The van der Waals surface area contributed by atoms with Crippen LogP contribution in [0.15, 0.2) is 75.6 Å². The van der Waals surface area contributed by atoms with E-state index in [0.29, 0.717) is 18.7 Å². The van der Waals surface area contributed by atoms with E-state index in [2.05, 4.69) is 9.72 Å². The van der Waals surface area contributed by atoms with Crippen LogP contribution in [0.2, 0.25) is 0 Å². The summed E-state index contributed by atoms with van der Waals surface area (Å²) < 4.78 is 28.6. The van der Waals surface area contributed by atoms with Gasteiger partial charge in [-0.25, -0.2) is 13.2 Å². The van der Waals surface area contributed by atoms with E-state index in [0.717, 1.165) is 32.9 Å². The molecule has 1 aliphatic heterocycles. The van der Waals surface area contributed by atoms with Crippen molar-refractivity contribution < 1.29 is 18.0 Å². The van der Waals surface area contributed by atoms with Crippen LogP contribution in [0.25, 0.3) is 21.8 Å². The molecule has 0 radical (unpaired) electrons. The number of carbonyl (C=O) groups excluding carboxylic acids is 1. The van der Waals surface area contributed by atoms with Gasteiger partial charge in [-0.15, -0.1) is 0 Å². The van der Waals surface area contributed by atoms with Gasteiger partial charge in [-0.1, -0.05) is 41.1 Å². The van der Waals surface area contributed by atoms with Crippen molar-refractivity contribution in [2.75, 3.05) is 0 Å². The number of oxime groups is 1. The van der Waals surface area contributed by atoms with E-state index in [1.807, 2.05) is 31.2 Å². The van der Waals surface area contributed by atoms with Crippen molar-refractivity contribution in [3.8, 4) is 0 Å². The van der Waals surface area contributed by atoms with E-state index in [-0.39, 0.29) is 9.79 Å². The highest BCUT2D eigenvalue weighted by Crippen LogP contribution is 2.36. The van der Waals surface area contributed by atoms with Gasteiger partial charge in [0.15, 0.2) is 0 Å². The Balaban J connectivity index is 1.71. The third-order valence-electron chi connectivity index (χ3n) is 5.66. The fraction of sp³-hybridized carbons (Fsp3) is 0.167. The molecule has 4 aromatic rings. The second-order valence-electron chi connectivity index (χ2n) is 7.72. The van der Waals surface area contributed by atoms with Crippen molar-refractivity contribution in [2.24, 2.45) is 5.16 Å². The lowest BCUT2D eigenvalue weighted by Gasteiger charge is -2.17. The Kier molecular flexibility index (Phi) is 4.44. The number of nitrogens with zero attached hydrogens (tertiary/aromatic N) is 2. The summed E-state index contributed by atoms with van der Waals surface area (Å²) in [5.41, 5.74) is 4.55. The molecule has 0 unspecified atom stereocenters. The van der Waals surface area contributed by atoms with Crippen LogP contribution in [0.5, 0.6) is 0 Å². The molecular weight excluding hydrogens is 412 g/mol. The fourth-order valence-electron chi connectivity index (χ4n) is 4.19. The Morgan fingerprint density at radius 1 is 1.00 bits per heavy atom. The van der Waals surface area contributed by atoms with Gasteiger partial charge in [-0.3, -0.25) is 0 Å². The molecule has 5 rings (SSSR count). The topological polar surface area (TPSA) is 77.7 Å². The van der Waals surface area contributed by atoms with Crippen molar-refractivity contribution in [2.45, 2.75) is 36.6 Å². The molecule has 0 aliphatic carbocycles. The normalized spacial score (nSPS) is 15.0. The number of hydrogen-bond donors (Lipinski definition) is 0. The molecule has 1 aliphatic rings. The van der Waals surface area contributed by atoms with Crippen molar-refractivity contribution in [1.29, 1.82) is 0 Å². The molecular formula is C24H20N2O4S. The number of carbonyl (C=O) groups is 1. The monoisotopic (exact) mass is 432 g/mol. The van der Waals surface area contributed by atoms with Crippen LogP contribution < -0.4 is 0 Å². The van der Waals surface area contributed by atoms with E-state index < -0.39 is 15.8 Å².